The van der Waals surface area contributed by atoms with Crippen LogP contribution in [-0.2, 0) is 4.84 Å². The summed E-state index contributed by atoms with van der Waals surface area (Å²) < 4.78 is 6.01. The Labute approximate surface area is 194 Å². The Hall–Kier alpha value is -4.56. The first-order chi connectivity index (χ1) is 16.5. The number of aromatic carboxylic acids is 1. The molecule has 0 fully saturated rings. The Morgan fingerprint density at radius 1 is 0.912 bits per heavy atom. The van der Waals surface area contributed by atoms with Crippen molar-refractivity contribution in [1.29, 1.82) is 0 Å². The Balaban J connectivity index is 1.64. The van der Waals surface area contributed by atoms with Crippen molar-refractivity contribution in [2.45, 2.75) is 0 Å². The molecule has 8 heteroatoms. The van der Waals surface area contributed by atoms with Gasteiger partial charge in [0.25, 0.3) is 5.91 Å². The first-order valence-electron chi connectivity index (χ1n) is 10.4. The third-order valence-electron chi connectivity index (χ3n) is 5.57. The summed E-state index contributed by atoms with van der Waals surface area (Å²) in [4.78, 5) is 38.6. The molecule has 2 heterocycles. The van der Waals surface area contributed by atoms with Crippen LogP contribution < -0.4 is 0 Å². The summed E-state index contributed by atoms with van der Waals surface area (Å²) in [5.41, 5.74) is 3.81. The smallest absolute Gasteiger partial charge is 0.336 e. The van der Waals surface area contributed by atoms with Gasteiger partial charge in [0.2, 0.25) is 5.89 Å². The molecule has 0 saturated carbocycles. The van der Waals surface area contributed by atoms with E-state index in [1.54, 1.807) is 36.4 Å². The maximum absolute atomic E-state index is 12.3. The largest absolute Gasteiger partial charge is 0.478 e. The second kappa shape index (κ2) is 8.42. The van der Waals surface area contributed by atoms with Crippen molar-refractivity contribution in [2.24, 2.45) is 0 Å². The van der Waals surface area contributed by atoms with Gasteiger partial charge in [-0.1, -0.05) is 30.3 Å². The normalized spacial score (nSPS) is 11.1. The molecule has 0 bridgehead atoms. The molecule has 34 heavy (non-hydrogen) atoms. The number of hydrogen-bond acceptors (Lipinski definition) is 6. The van der Waals surface area contributed by atoms with Gasteiger partial charge in [-0.3, -0.25) is 9.63 Å². The van der Waals surface area contributed by atoms with Gasteiger partial charge in [0.15, 0.2) is 5.58 Å². The number of nitrogens with zero attached hydrogens (tertiary/aromatic N) is 3. The van der Waals surface area contributed by atoms with Crippen LogP contribution in [0.2, 0.25) is 0 Å². The molecule has 5 rings (SSSR count). The number of pyridine rings is 1. The second-order valence-electron chi connectivity index (χ2n) is 7.62. The van der Waals surface area contributed by atoms with E-state index >= 15 is 0 Å². The van der Waals surface area contributed by atoms with Gasteiger partial charge in [-0.2, -0.15) is 0 Å². The van der Waals surface area contributed by atoms with E-state index in [2.05, 4.69) is 9.97 Å². The number of rotatable bonds is 5. The molecule has 0 aliphatic heterocycles. The molecule has 0 saturated heterocycles. The summed E-state index contributed by atoms with van der Waals surface area (Å²) in [5, 5.41) is 11.5. The van der Waals surface area contributed by atoms with Crippen LogP contribution >= 0.6 is 0 Å². The number of amides is 1. The predicted molar refractivity (Wildman–Crippen MR) is 126 cm³/mol. The molecule has 0 spiro atoms. The average Bonchev–Trinajstić information content (AvgIpc) is 3.32. The molecule has 0 unspecified atom stereocenters. The van der Waals surface area contributed by atoms with Crippen molar-refractivity contribution in [2.75, 3.05) is 14.2 Å². The predicted octanol–water partition coefficient (Wildman–Crippen LogP) is 5.04. The number of carboxylic acid groups (broad SMARTS) is 1. The molecule has 1 amide bonds. The maximum Gasteiger partial charge on any atom is 0.336 e. The molecule has 8 nitrogen and oxygen atoms in total. The first-order valence-corrected chi connectivity index (χ1v) is 10.4. The lowest BCUT2D eigenvalue weighted by Crippen LogP contribution is -2.25. The molecule has 5 aromatic rings. The first kappa shape index (κ1) is 21.3. The van der Waals surface area contributed by atoms with E-state index in [-0.39, 0.29) is 11.5 Å². The van der Waals surface area contributed by atoms with E-state index in [1.165, 1.54) is 20.2 Å². The molecule has 0 atom stereocenters. The molecule has 0 aliphatic carbocycles. The van der Waals surface area contributed by atoms with Crippen molar-refractivity contribution in [3.05, 3.63) is 83.9 Å². The lowest BCUT2D eigenvalue weighted by molar-refractivity contribution is -0.0756. The number of oxazole rings is 1. The van der Waals surface area contributed by atoms with E-state index in [1.807, 2.05) is 30.3 Å². The number of benzene rings is 3. The van der Waals surface area contributed by atoms with E-state index < -0.39 is 5.97 Å². The number of carbonyl (C=O) groups excluding carboxylic acids is 1. The molecular weight excluding hydrogens is 434 g/mol. The fraction of sp³-hybridized carbons (Fsp3) is 0.0769. The highest BCUT2D eigenvalue weighted by molar-refractivity contribution is 6.13. The Kier molecular flexibility index (Phi) is 5.27. The zero-order valence-electron chi connectivity index (χ0n) is 18.4. The van der Waals surface area contributed by atoms with Gasteiger partial charge in [0.1, 0.15) is 5.52 Å². The summed E-state index contributed by atoms with van der Waals surface area (Å²) in [5.74, 6) is -0.995. The van der Waals surface area contributed by atoms with Crippen molar-refractivity contribution in [1.82, 2.24) is 15.0 Å². The highest BCUT2D eigenvalue weighted by atomic mass is 16.7. The van der Waals surface area contributed by atoms with Crippen molar-refractivity contribution >= 4 is 33.9 Å². The van der Waals surface area contributed by atoms with E-state index in [9.17, 15) is 14.7 Å². The van der Waals surface area contributed by atoms with Crippen molar-refractivity contribution < 1.29 is 24.0 Å². The van der Waals surface area contributed by atoms with Crippen LogP contribution in [0.3, 0.4) is 0 Å². The molecule has 3 aromatic carbocycles. The highest BCUT2D eigenvalue weighted by Gasteiger charge is 2.20. The standard InChI is InChI=1S/C26H19N3O5/c1-29(33-2)25(30)17-10-8-15(9-11-17)21-14-18(26(31)32)22-19(27-21)12-13-20-23(22)34-24(28-20)16-6-4-3-5-7-16/h3-14H,1-2H3,(H,31,32). The van der Waals surface area contributed by atoms with Crippen LogP contribution in [0.5, 0.6) is 0 Å². The Bertz CT molecular complexity index is 1540. The van der Waals surface area contributed by atoms with Crippen LogP contribution in [-0.4, -0.2) is 46.2 Å². The molecular formula is C26H19N3O5. The third-order valence-corrected chi connectivity index (χ3v) is 5.57. The second-order valence-corrected chi connectivity index (χ2v) is 7.62. The summed E-state index contributed by atoms with van der Waals surface area (Å²) in [6, 6.07) is 21.1. The van der Waals surface area contributed by atoms with Crippen molar-refractivity contribution in [3.8, 4) is 22.7 Å². The average molecular weight is 453 g/mol. The van der Waals surface area contributed by atoms with E-state index in [4.69, 9.17) is 9.25 Å². The maximum atomic E-state index is 12.3. The zero-order valence-corrected chi connectivity index (χ0v) is 18.4. The SMILES string of the molecule is CON(C)C(=O)c1ccc(-c2cc(C(=O)O)c3c(ccc4nc(-c5ccccc5)oc43)n2)cc1. The van der Waals surface area contributed by atoms with Gasteiger partial charge < -0.3 is 9.52 Å². The van der Waals surface area contributed by atoms with E-state index in [0.717, 1.165) is 10.6 Å². The van der Waals surface area contributed by atoms with Crippen LogP contribution in [0, 0.1) is 0 Å². The number of hydroxylamine groups is 2. The Morgan fingerprint density at radius 2 is 1.62 bits per heavy atom. The molecule has 2 aromatic heterocycles. The highest BCUT2D eigenvalue weighted by Crippen LogP contribution is 2.33. The quantitative estimate of drug-likeness (QED) is 0.372. The van der Waals surface area contributed by atoms with Gasteiger partial charge in [0.05, 0.1) is 29.3 Å². The van der Waals surface area contributed by atoms with Gasteiger partial charge in [-0.05, 0) is 42.5 Å². The zero-order chi connectivity index (χ0) is 23.8. The van der Waals surface area contributed by atoms with E-state index in [0.29, 0.717) is 44.7 Å². The van der Waals surface area contributed by atoms with Gasteiger partial charge in [-0.25, -0.2) is 19.8 Å². The third kappa shape index (κ3) is 3.66. The monoisotopic (exact) mass is 453 g/mol. The number of carboxylic acids is 1. The fourth-order valence-electron chi connectivity index (χ4n) is 3.77. The van der Waals surface area contributed by atoms with Crippen LogP contribution in [0.15, 0.2) is 77.2 Å². The summed E-state index contributed by atoms with van der Waals surface area (Å²) >= 11 is 0. The van der Waals surface area contributed by atoms with Crippen LogP contribution in [0.25, 0.3) is 44.7 Å². The summed E-state index contributed by atoms with van der Waals surface area (Å²) in [6.45, 7) is 0. The molecule has 1 N–H and O–H groups in total. The molecule has 0 aliphatic rings. The number of fused-ring (bicyclic) bond motifs is 3. The minimum absolute atomic E-state index is 0.0561. The molecule has 168 valence electrons. The number of hydrogen-bond donors (Lipinski definition) is 1. The topological polar surface area (TPSA) is 106 Å². The number of carbonyl (C=O) groups is 2. The summed E-state index contributed by atoms with van der Waals surface area (Å²) in [7, 11) is 2.93. The van der Waals surface area contributed by atoms with Crippen molar-refractivity contribution in [3.63, 3.8) is 0 Å². The van der Waals surface area contributed by atoms with Gasteiger partial charge >= 0.3 is 5.97 Å². The minimum Gasteiger partial charge on any atom is -0.478 e. The lowest BCUT2D eigenvalue weighted by atomic mass is 10.0. The fourth-order valence-corrected chi connectivity index (χ4v) is 3.77. The Morgan fingerprint density at radius 3 is 2.29 bits per heavy atom. The van der Waals surface area contributed by atoms with Gasteiger partial charge in [0, 0.05) is 23.7 Å². The van der Waals surface area contributed by atoms with Crippen LogP contribution in [0.4, 0.5) is 0 Å². The summed E-state index contributed by atoms with van der Waals surface area (Å²) in [6.07, 6.45) is 0. The molecule has 0 radical (unpaired) electrons. The number of aromatic nitrogens is 2. The lowest BCUT2D eigenvalue weighted by Gasteiger charge is -2.13. The minimum atomic E-state index is -1.10. The van der Waals surface area contributed by atoms with Crippen LogP contribution in [0.1, 0.15) is 20.7 Å². The van der Waals surface area contributed by atoms with Gasteiger partial charge in [-0.15, -0.1) is 0 Å².